The average Bonchev–Trinajstić information content (AvgIpc) is 2.29. The van der Waals surface area contributed by atoms with Gasteiger partial charge in [0.25, 0.3) is 0 Å². The Balaban J connectivity index is 2.24. The molecule has 0 bridgehead atoms. The second-order valence-electron chi connectivity index (χ2n) is 4.49. The van der Waals surface area contributed by atoms with Crippen molar-refractivity contribution in [3.05, 3.63) is 24.5 Å². The Hall–Kier alpha value is -1.84. The zero-order valence-electron chi connectivity index (χ0n) is 10.2. The first kappa shape index (κ1) is 11.6. The van der Waals surface area contributed by atoms with Crippen molar-refractivity contribution in [2.24, 2.45) is 5.92 Å². The lowest BCUT2D eigenvalue weighted by Crippen LogP contribution is -2.03. The summed E-state index contributed by atoms with van der Waals surface area (Å²) >= 11 is 0. The molecule has 17 heavy (non-hydrogen) atoms. The zero-order chi connectivity index (χ0) is 12.3. The molecule has 0 aliphatic carbocycles. The van der Waals surface area contributed by atoms with Gasteiger partial charge in [0.2, 0.25) is 5.88 Å². The molecule has 90 valence electrons. The van der Waals surface area contributed by atoms with Crippen LogP contribution in [0.25, 0.3) is 10.9 Å². The number of hydrogen-bond donors (Lipinski definition) is 1. The Labute approximate surface area is 101 Å². The fraction of sp³-hybridized carbons (Fsp3) is 0.385. The highest BCUT2D eigenvalue weighted by Gasteiger charge is 2.05. The van der Waals surface area contributed by atoms with Crippen molar-refractivity contribution < 1.29 is 4.74 Å². The summed E-state index contributed by atoms with van der Waals surface area (Å²) in [6, 6.07) is 5.55. The van der Waals surface area contributed by atoms with E-state index in [0.717, 1.165) is 17.3 Å². The number of fused-ring (bicyclic) bond motifs is 1. The largest absolute Gasteiger partial charge is 0.477 e. The van der Waals surface area contributed by atoms with Crippen LogP contribution in [0.5, 0.6) is 5.88 Å². The molecule has 0 amide bonds. The highest BCUT2D eigenvalue weighted by molar-refractivity contribution is 5.86. The molecule has 0 radical (unpaired) electrons. The number of nitrogens with zero attached hydrogens (tertiary/aromatic N) is 2. The molecule has 4 nitrogen and oxygen atoms in total. The van der Waals surface area contributed by atoms with E-state index in [0.29, 0.717) is 24.1 Å². The SMILES string of the molecule is CC(C)CCOc1ncnc2ccc(N)cc12. The molecule has 2 aromatic rings. The van der Waals surface area contributed by atoms with Gasteiger partial charge >= 0.3 is 0 Å². The van der Waals surface area contributed by atoms with E-state index in [9.17, 15) is 0 Å². The van der Waals surface area contributed by atoms with Crippen molar-refractivity contribution in [1.29, 1.82) is 0 Å². The summed E-state index contributed by atoms with van der Waals surface area (Å²) in [5.41, 5.74) is 7.31. The van der Waals surface area contributed by atoms with Crippen molar-refractivity contribution in [2.75, 3.05) is 12.3 Å². The molecule has 4 heteroatoms. The van der Waals surface area contributed by atoms with E-state index in [1.807, 2.05) is 18.2 Å². The lowest BCUT2D eigenvalue weighted by molar-refractivity contribution is 0.282. The van der Waals surface area contributed by atoms with Gasteiger partial charge in [-0.3, -0.25) is 0 Å². The van der Waals surface area contributed by atoms with Gasteiger partial charge in [-0.1, -0.05) is 13.8 Å². The van der Waals surface area contributed by atoms with E-state index in [1.54, 1.807) is 0 Å². The fourth-order valence-corrected chi connectivity index (χ4v) is 1.56. The van der Waals surface area contributed by atoms with Crippen molar-refractivity contribution in [3.63, 3.8) is 0 Å². The van der Waals surface area contributed by atoms with Gasteiger partial charge < -0.3 is 10.5 Å². The second-order valence-corrected chi connectivity index (χ2v) is 4.49. The maximum absolute atomic E-state index is 5.76. The number of aromatic nitrogens is 2. The summed E-state index contributed by atoms with van der Waals surface area (Å²) in [5.74, 6) is 1.23. The van der Waals surface area contributed by atoms with Crippen LogP contribution in [0.15, 0.2) is 24.5 Å². The highest BCUT2D eigenvalue weighted by Crippen LogP contribution is 2.23. The van der Waals surface area contributed by atoms with Crippen LogP contribution in [0.4, 0.5) is 5.69 Å². The maximum Gasteiger partial charge on any atom is 0.224 e. The first-order valence-corrected chi connectivity index (χ1v) is 5.80. The van der Waals surface area contributed by atoms with Crippen molar-refractivity contribution in [3.8, 4) is 5.88 Å². The number of nitrogens with two attached hydrogens (primary N) is 1. The third-order valence-electron chi connectivity index (χ3n) is 2.56. The van der Waals surface area contributed by atoms with Crippen molar-refractivity contribution in [2.45, 2.75) is 20.3 Å². The highest BCUT2D eigenvalue weighted by atomic mass is 16.5. The van der Waals surface area contributed by atoms with Crippen LogP contribution in [0.3, 0.4) is 0 Å². The van der Waals surface area contributed by atoms with Gasteiger partial charge in [0.1, 0.15) is 6.33 Å². The molecule has 0 atom stereocenters. The molecule has 0 fully saturated rings. The van der Waals surface area contributed by atoms with Gasteiger partial charge in [-0.25, -0.2) is 9.97 Å². The molecule has 0 saturated heterocycles. The molecule has 2 N–H and O–H groups in total. The van der Waals surface area contributed by atoms with E-state index in [2.05, 4.69) is 23.8 Å². The van der Waals surface area contributed by atoms with Gasteiger partial charge in [-0.05, 0) is 30.5 Å². The van der Waals surface area contributed by atoms with E-state index in [-0.39, 0.29) is 0 Å². The Kier molecular flexibility index (Phi) is 3.42. The minimum Gasteiger partial charge on any atom is -0.477 e. The fourth-order valence-electron chi connectivity index (χ4n) is 1.56. The Morgan fingerprint density at radius 3 is 2.88 bits per heavy atom. The van der Waals surface area contributed by atoms with E-state index in [4.69, 9.17) is 10.5 Å². The van der Waals surface area contributed by atoms with Crippen molar-refractivity contribution in [1.82, 2.24) is 9.97 Å². The standard InChI is InChI=1S/C13H17N3O/c1-9(2)5-6-17-13-11-7-10(14)3-4-12(11)15-8-16-13/h3-4,7-9H,5-6,14H2,1-2H3. The molecule has 0 spiro atoms. The number of hydrogen-bond acceptors (Lipinski definition) is 4. The van der Waals surface area contributed by atoms with Crippen LogP contribution in [0.1, 0.15) is 20.3 Å². The van der Waals surface area contributed by atoms with Crippen LogP contribution < -0.4 is 10.5 Å². The van der Waals surface area contributed by atoms with Crippen LogP contribution in [-0.4, -0.2) is 16.6 Å². The normalized spacial score (nSPS) is 11.0. The molecule has 0 saturated carbocycles. The summed E-state index contributed by atoms with van der Waals surface area (Å²) in [5, 5.41) is 0.872. The second kappa shape index (κ2) is 4.99. The lowest BCUT2D eigenvalue weighted by atomic mass is 10.1. The zero-order valence-corrected chi connectivity index (χ0v) is 10.2. The maximum atomic E-state index is 5.76. The molecule has 0 unspecified atom stereocenters. The molecule has 2 rings (SSSR count). The van der Waals surface area contributed by atoms with E-state index < -0.39 is 0 Å². The Bertz CT molecular complexity index is 511. The summed E-state index contributed by atoms with van der Waals surface area (Å²) in [6.07, 6.45) is 2.52. The van der Waals surface area contributed by atoms with E-state index >= 15 is 0 Å². The summed E-state index contributed by atoms with van der Waals surface area (Å²) in [6.45, 7) is 5.00. The quantitative estimate of drug-likeness (QED) is 0.822. The molecule has 0 aliphatic rings. The average molecular weight is 231 g/mol. The van der Waals surface area contributed by atoms with Gasteiger partial charge in [-0.15, -0.1) is 0 Å². The van der Waals surface area contributed by atoms with Crippen LogP contribution in [0.2, 0.25) is 0 Å². The molecule has 1 aromatic carbocycles. The lowest BCUT2D eigenvalue weighted by Gasteiger charge is -2.09. The smallest absolute Gasteiger partial charge is 0.224 e. The summed E-state index contributed by atoms with van der Waals surface area (Å²) in [7, 11) is 0. The van der Waals surface area contributed by atoms with Crippen LogP contribution in [-0.2, 0) is 0 Å². The molecular weight excluding hydrogens is 214 g/mol. The summed E-state index contributed by atoms with van der Waals surface area (Å²) in [4.78, 5) is 8.34. The number of ether oxygens (including phenoxy) is 1. The van der Waals surface area contributed by atoms with Gasteiger partial charge in [0.05, 0.1) is 17.5 Å². The minimum atomic E-state index is 0.614. The molecule has 1 aromatic heterocycles. The third-order valence-corrected chi connectivity index (χ3v) is 2.56. The van der Waals surface area contributed by atoms with Crippen LogP contribution >= 0.6 is 0 Å². The Morgan fingerprint density at radius 2 is 2.12 bits per heavy atom. The van der Waals surface area contributed by atoms with Crippen LogP contribution in [0, 0.1) is 5.92 Å². The molecule has 1 heterocycles. The first-order valence-electron chi connectivity index (χ1n) is 5.80. The number of anilines is 1. The monoisotopic (exact) mass is 231 g/mol. The van der Waals surface area contributed by atoms with Gasteiger partial charge in [0.15, 0.2) is 0 Å². The number of benzene rings is 1. The number of nitrogen functional groups attached to an aromatic ring is 1. The van der Waals surface area contributed by atoms with Gasteiger partial charge in [0, 0.05) is 5.69 Å². The first-order chi connectivity index (χ1) is 8.16. The number of rotatable bonds is 4. The Morgan fingerprint density at radius 1 is 1.29 bits per heavy atom. The predicted molar refractivity (Wildman–Crippen MR) is 68.9 cm³/mol. The minimum absolute atomic E-state index is 0.614. The third kappa shape index (κ3) is 2.84. The predicted octanol–water partition coefficient (Wildman–Crippen LogP) is 2.64. The molecular formula is C13H17N3O. The van der Waals surface area contributed by atoms with Crippen molar-refractivity contribution >= 4 is 16.6 Å². The topological polar surface area (TPSA) is 61.0 Å². The molecule has 0 aliphatic heterocycles. The summed E-state index contributed by atoms with van der Waals surface area (Å²) < 4.78 is 5.68. The van der Waals surface area contributed by atoms with E-state index in [1.165, 1.54) is 6.33 Å². The van der Waals surface area contributed by atoms with Gasteiger partial charge in [-0.2, -0.15) is 0 Å².